The maximum absolute atomic E-state index is 11.9. The molecule has 3 heterocycles. The fourth-order valence-electron chi connectivity index (χ4n) is 4.35. The normalized spacial score (nSPS) is 15.7. The van der Waals surface area contributed by atoms with Gasteiger partial charge in [-0.25, -0.2) is 8.42 Å². The minimum Gasteiger partial charge on any atom is -0.326 e. The average molecular weight is 474 g/mol. The number of benzene rings is 2. The van der Waals surface area contributed by atoms with Gasteiger partial charge < -0.3 is 5.73 Å². The van der Waals surface area contributed by atoms with Crippen LogP contribution in [0.25, 0.3) is 33.3 Å². The summed E-state index contributed by atoms with van der Waals surface area (Å²) < 4.78 is 25.1. The van der Waals surface area contributed by atoms with E-state index in [4.69, 9.17) is 10.8 Å². The topological polar surface area (TPSA) is 131 Å². The Hall–Kier alpha value is -3.65. The zero-order chi connectivity index (χ0) is 23.9. The first-order valence-corrected chi connectivity index (χ1v) is 12.6. The molecular formula is C24H23N7O2S. The van der Waals surface area contributed by atoms with Crippen LogP contribution in [0.15, 0.2) is 60.9 Å². The molecule has 1 saturated heterocycles. The molecule has 2 aromatic heterocycles. The second-order valence-electron chi connectivity index (χ2n) is 8.61. The van der Waals surface area contributed by atoms with Crippen molar-refractivity contribution in [3.8, 4) is 28.5 Å². The highest BCUT2D eigenvalue weighted by Gasteiger charge is 2.50. The Balaban J connectivity index is 1.60. The lowest BCUT2D eigenvalue weighted by atomic mass is 9.90. The molecule has 0 radical (unpaired) electrons. The van der Waals surface area contributed by atoms with E-state index in [-0.39, 0.29) is 19.5 Å². The Morgan fingerprint density at radius 1 is 1.15 bits per heavy atom. The summed E-state index contributed by atoms with van der Waals surface area (Å²) in [6.45, 7) is 0.788. The first-order valence-electron chi connectivity index (χ1n) is 10.8. The van der Waals surface area contributed by atoms with Crippen molar-refractivity contribution in [2.45, 2.75) is 18.5 Å². The molecule has 0 bridgehead atoms. The molecule has 1 fully saturated rings. The summed E-state index contributed by atoms with van der Waals surface area (Å²) in [6.07, 6.45) is 4.68. The van der Waals surface area contributed by atoms with Crippen molar-refractivity contribution in [1.82, 2.24) is 24.3 Å². The smallest absolute Gasteiger partial charge is 0.211 e. The molecule has 4 aromatic rings. The standard InChI is InChI=1S/C24H23N7O2S/c1-34(32,33)30-15-24(16-30,7-8-25)31-28-14-23(29-31)21-11-19(12-22-20(21)6-3-9-27-22)18-5-2-4-17(10-18)13-26/h2-6,9-12,14H,7,13,15-16,26H2,1H3. The Morgan fingerprint density at radius 3 is 2.71 bits per heavy atom. The first-order chi connectivity index (χ1) is 16.3. The van der Waals surface area contributed by atoms with E-state index in [0.29, 0.717) is 12.2 Å². The molecule has 0 unspecified atom stereocenters. The highest BCUT2D eigenvalue weighted by molar-refractivity contribution is 7.88. The van der Waals surface area contributed by atoms with Crippen LogP contribution in [0.3, 0.4) is 0 Å². The van der Waals surface area contributed by atoms with Crippen molar-refractivity contribution in [1.29, 1.82) is 5.26 Å². The highest BCUT2D eigenvalue weighted by atomic mass is 32.2. The van der Waals surface area contributed by atoms with Crippen LogP contribution >= 0.6 is 0 Å². The van der Waals surface area contributed by atoms with E-state index in [0.717, 1.165) is 39.4 Å². The summed E-state index contributed by atoms with van der Waals surface area (Å²) in [5, 5.41) is 19.5. The lowest BCUT2D eigenvalue weighted by Crippen LogP contribution is -2.64. The van der Waals surface area contributed by atoms with Crippen molar-refractivity contribution >= 4 is 20.9 Å². The number of pyridine rings is 1. The van der Waals surface area contributed by atoms with E-state index in [2.05, 4.69) is 28.3 Å². The Kier molecular flexibility index (Phi) is 5.40. The second kappa shape index (κ2) is 8.29. The molecule has 5 rings (SSSR count). The summed E-state index contributed by atoms with van der Waals surface area (Å²) >= 11 is 0. The zero-order valence-electron chi connectivity index (χ0n) is 18.6. The van der Waals surface area contributed by atoms with Crippen molar-refractivity contribution < 1.29 is 8.42 Å². The second-order valence-corrected chi connectivity index (χ2v) is 10.6. The van der Waals surface area contributed by atoms with Crippen LogP contribution < -0.4 is 5.73 Å². The van der Waals surface area contributed by atoms with E-state index in [1.165, 1.54) is 9.10 Å². The van der Waals surface area contributed by atoms with E-state index in [1.807, 2.05) is 36.4 Å². The lowest BCUT2D eigenvalue weighted by Gasteiger charge is -2.46. The van der Waals surface area contributed by atoms with Crippen molar-refractivity contribution in [2.75, 3.05) is 19.3 Å². The highest BCUT2D eigenvalue weighted by Crippen LogP contribution is 2.36. The summed E-state index contributed by atoms with van der Waals surface area (Å²) in [5.41, 5.74) is 10.4. The Labute approximate surface area is 197 Å². The van der Waals surface area contributed by atoms with Crippen LogP contribution in [0.4, 0.5) is 0 Å². The van der Waals surface area contributed by atoms with Gasteiger partial charge in [0.2, 0.25) is 10.0 Å². The van der Waals surface area contributed by atoms with Crippen LogP contribution in [0.1, 0.15) is 12.0 Å². The number of fused-ring (bicyclic) bond motifs is 1. The fourth-order valence-corrected chi connectivity index (χ4v) is 5.30. The molecule has 10 heteroatoms. The van der Waals surface area contributed by atoms with Crippen molar-refractivity contribution in [2.24, 2.45) is 5.73 Å². The zero-order valence-corrected chi connectivity index (χ0v) is 19.4. The minimum absolute atomic E-state index is 0.112. The Morgan fingerprint density at radius 2 is 1.97 bits per heavy atom. The lowest BCUT2D eigenvalue weighted by molar-refractivity contribution is 0.0579. The number of nitrogens with two attached hydrogens (primary N) is 1. The van der Waals surface area contributed by atoms with Crippen LogP contribution in [0.2, 0.25) is 0 Å². The van der Waals surface area contributed by atoms with Crippen LogP contribution in [-0.4, -0.2) is 52.0 Å². The molecule has 34 heavy (non-hydrogen) atoms. The summed E-state index contributed by atoms with van der Waals surface area (Å²) in [4.78, 5) is 6.05. The quantitative estimate of drug-likeness (QED) is 0.455. The van der Waals surface area contributed by atoms with Crippen molar-refractivity contribution in [3.63, 3.8) is 0 Å². The maximum Gasteiger partial charge on any atom is 0.211 e. The SMILES string of the molecule is CS(=O)(=O)N1CC(CC#N)(n2ncc(-c3cc(-c4cccc(CN)c4)cc4ncccc34)n2)C1. The molecule has 0 amide bonds. The molecule has 0 spiro atoms. The number of rotatable bonds is 6. The van der Waals surface area contributed by atoms with Gasteiger partial charge in [0.05, 0.1) is 30.5 Å². The van der Waals surface area contributed by atoms with Gasteiger partial charge in [-0.2, -0.15) is 24.6 Å². The predicted octanol–water partition coefficient (Wildman–Crippen LogP) is 2.50. The number of nitrogens with zero attached hydrogens (tertiary/aromatic N) is 6. The van der Waals surface area contributed by atoms with Gasteiger partial charge in [-0.1, -0.05) is 24.3 Å². The number of hydrogen-bond donors (Lipinski definition) is 1. The van der Waals surface area contributed by atoms with E-state index in [9.17, 15) is 13.7 Å². The number of hydrogen-bond acceptors (Lipinski definition) is 7. The Bertz CT molecular complexity index is 1530. The largest absolute Gasteiger partial charge is 0.326 e. The van der Waals surface area contributed by atoms with Gasteiger partial charge in [0.25, 0.3) is 0 Å². The molecular weight excluding hydrogens is 450 g/mol. The predicted molar refractivity (Wildman–Crippen MR) is 129 cm³/mol. The van der Waals surface area contributed by atoms with Crippen LogP contribution in [0, 0.1) is 11.3 Å². The maximum atomic E-state index is 11.9. The van der Waals surface area contributed by atoms with Gasteiger partial charge in [-0.3, -0.25) is 4.98 Å². The average Bonchev–Trinajstić information content (AvgIpc) is 3.30. The van der Waals surface area contributed by atoms with Gasteiger partial charge in [-0.15, -0.1) is 0 Å². The van der Waals surface area contributed by atoms with Crippen LogP contribution in [-0.2, 0) is 22.1 Å². The van der Waals surface area contributed by atoms with E-state index < -0.39 is 15.6 Å². The molecule has 172 valence electrons. The number of aromatic nitrogens is 4. The third-order valence-electron chi connectivity index (χ3n) is 6.23. The third-order valence-corrected chi connectivity index (χ3v) is 7.42. The minimum atomic E-state index is -3.34. The van der Waals surface area contributed by atoms with E-state index in [1.54, 1.807) is 12.4 Å². The van der Waals surface area contributed by atoms with Crippen LogP contribution in [0.5, 0.6) is 0 Å². The third kappa shape index (κ3) is 3.84. The van der Waals surface area contributed by atoms with Crippen molar-refractivity contribution in [3.05, 3.63) is 66.5 Å². The molecule has 0 aliphatic carbocycles. The summed E-state index contributed by atoms with van der Waals surface area (Å²) in [5.74, 6) is 0. The fraction of sp³-hybridized carbons (Fsp3) is 0.250. The summed E-state index contributed by atoms with van der Waals surface area (Å²) in [6, 6.07) is 18.1. The molecule has 2 N–H and O–H groups in total. The molecule has 1 aliphatic rings. The monoisotopic (exact) mass is 473 g/mol. The first kappa shape index (κ1) is 22.2. The molecule has 0 saturated carbocycles. The van der Waals surface area contributed by atoms with Gasteiger partial charge >= 0.3 is 0 Å². The molecule has 1 aliphatic heterocycles. The molecule has 2 aromatic carbocycles. The molecule has 9 nitrogen and oxygen atoms in total. The van der Waals surface area contributed by atoms with Gasteiger partial charge in [0.15, 0.2) is 0 Å². The van der Waals surface area contributed by atoms with Gasteiger partial charge in [-0.05, 0) is 41.0 Å². The summed E-state index contributed by atoms with van der Waals surface area (Å²) in [7, 11) is -3.34. The van der Waals surface area contributed by atoms with Gasteiger partial charge in [0.1, 0.15) is 11.2 Å². The van der Waals surface area contributed by atoms with E-state index >= 15 is 0 Å². The number of nitriles is 1. The number of sulfonamides is 1. The van der Waals surface area contributed by atoms with Gasteiger partial charge in [0, 0.05) is 36.8 Å². The molecule has 0 atom stereocenters.